The van der Waals surface area contributed by atoms with Gasteiger partial charge in [-0.25, -0.2) is 0 Å². The largest absolute Gasteiger partial charge is 0.508 e. The quantitative estimate of drug-likeness (QED) is 0.490. The molecule has 0 saturated carbocycles. The molecule has 1 heterocycles. The zero-order valence-corrected chi connectivity index (χ0v) is 15.6. The van der Waals surface area contributed by atoms with E-state index in [1.165, 1.54) is 12.1 Å². The number of hydrogen-bond acceptors (Lipinski definition) is 6. The summed E-state index contributed by atoms with van der Waals surface area (Å²) in [4.78, 5) is 3.59. The van der Waals surface area contributed by atoms with E-state index in [4.69, 9.17) is 33.0 Å². The number of halogens is 3. The lowest BCUT2D eigenvalue weighted by Crippen LogP contribution is -2.23. The lowest BCUT2D eigenvalue weighted by atomic mass is 10.0. The molecule has 1 atom stereocenters. The van der Waals surface area contributed by atoms with E-state index in [2.05, 4.69) is 10.3 Å². The number of rotatable bonds is 7. The third-order valence-electron chi connectivity index (χ3n) is 3.55. The summed E-state index contributed by atoms with van der Waals surface area (Å²) in [6.07, 6.45) is -1.07. The second-order valence-electron chi connectivity index (χ2n) is 5.90. The van der Waals surface area contributed by atoms with Gasteiger partial charge in [0.1, 0.15) is 21.5 Å². The van der Waals surface area contributed by atoms with Crippen LogP contribution in [0.25, 0.3) is 0 Å². The van der Waals surface area contributed by atoms with Crippen LogP contribution in [0.1, 0.15) is 32.8 Å². The highest BCUT2D eigenvalue weighted by Crippen LogP contribution is 2.42. The Labute approximate surface area is 167 Å². The van der Waals surface area contributed by atoms with Crippen molar-refractivity contribution in [1.29, 1.82) is 0 Å². The summed E-state index contributed by atoms with van der Waals surface area (Å²) >= 11 is 12.1. The number of nitrogens with zero attached hydrogens (tertiary/aromatic N) is 1. The molecule has 1 aromatic carbocycles. The topological polar surface area (TPSA) is 94.8 Å². The minimum atomic E-state index is -1.07. The molecule has 0 aliphatic rings. The minimum Gasteiger partial charge on any atom is -0.508 e. The smallest absolute Gasteiger partial charge is 0.237 e. The van der Waals surface area contributed by atoms with E-state index in [1.807, 2.05) is 13.8 Å². The number of anilines is 1. The second-order valence-corrected chi connectivity index (χ2v) is 6.66. The fourth-order valence-electron chi connectivity index (χ4n) is 2.16. The first kappa shape index (κ1) is 23.2. The number of hydrogen-bond donors (Lipinski definition) is 4. The highest BCUT2D eigenvalue weighted by Gasteiger charge is 2.21. The number of aromatic nitrogens is 1. The van der Waals surface area contributed by atoms with Gasteiger partial charge in [-0.1, -0.05) is 44.5 Å². The molecule has 0 bridgehead atoms. The average Bonchev–Trinajstić information content (AvgIpc) is 2.61. The van der Waals surface area contributed by atoms with Crippen molar-refractivity contribution in [2.24, 2.45) is 0 Å². The van der Waals surface area contributed by atoms with Gasteiger partial charge in [0.2, 0.25) is 5.95 Å². The number of benzene rings is 1. The zero-order chi connectivity index (χ0) is 19.4. The van der Waals surface area contributed by atoms with Crippen molar-refractivity contribution in [3.05, 3.63) is 39.8 Å². The Morgan fingerprint density at radius 3 is 2.52 bits per heavy atom. The van der Waals surface area contributed by atoms with Gasteiger partial charge >= 0.3 is 0 Å². The maximum absolute atomic E-state index is 14.0. The molecule has 27 heavy (non-hydrogen) atoms. The molecule has 0 amide bonds. The number of aromatic hydroxyl groups is 1. The fraction of sp³-hybridized carbons (Fsp3) is 0.389. The standard InChI is InChI=1S/C17H19Cl2FN2O4.CH4/c1-8(2)11-5-10(3-4-12(11)25)26-15-13(18)16(20)22-17(14(15)19)21-6-9(24)7-23;/h3-5,8-9,23-25H,6-7H2,1-2H3,(H,21,22);1H4/t9-;/m1./s1. The van der Waals surface area contributed by atoms with Crippen LogP contribution in [-0.4, -0.2) is 39.6 Å². The van der Waals surface area contributed by atoms with Crippen molar-refractivity contribution in [1.82, 2.24) is 4.98 Å². The summed E-state index contributed by atoms with van der Waals surface area (Å²) < 4.78 is 19.7. The van der Waals surface area contributed by atoms with Gasteiger partial charge in [0, 0.05) is 12.1 Å². The van der Waals surface area contributed by atoms with E-state index < -0.39 is 23.7 Å². The number of pyridine rings is 1. The molecule has 0 unspecified atom stereocenters. The number of phenols is 1. The number of aliphatic hydroxyl groups excluding tert-OH is 2. The molecule has 0 spiro atoms. The van der Waals surface area contributed by atoms with Crippen LogP contribution in [0.3, 0.4) is 0 Å². The summed E-state index contributed by atoms with van der Waals surface area (Å²) in [6, 6.07) is 4.56. The van der Waals surface area contributed by atoms with Gasteiger partial charge in [-0.05, 0) is 24.1 Å². The Bertz CT molecular complexity index is 790. The molecule has 0 aliphatic carbocycles. The van der Waals surface area contributed by atoms with Gasteiger partial charge in [-0.2, -0.15) is 9.37 Å². The number of aliphatic hydroxyl groups is 2. The van der Waals surface area contributed by atoms with Crippen LogP contribution in [0.4, 0.5) is 10.2 Å². The van der Waals surface area contributed by atoms with Crippen LogP contribution in [0.5, 0.6) is 17.2 Å². The summed E-state index contributed by atoms with van der Waals surface area (Å²) in [5.74, 6) is -0.778. The van der Waals surface area contributed by atoms with Crippen molar-refractivity contribution in [2.45, 2.75) is 33.3 Å². The van der Waals surface area contributed by atoms with Crippen LogP contribution in [-0.2, 0) is 0 Å². The van der Waals surface area contributed by atoms with Crippen LogP contribution in [0.2, 0.25) is 10.0 Å². The van der Waals surface area contributed by atoms with Crippen LogP contribution < -0.4 is 10.1 Å². The molecule has 0 fully saturated rings. The van der Waals surface area contributed by atoms with Gasteiger partial charge in [0.25, 0.3) is 0 Å². The van der Waals surface area contributed by atoms with E-state index in [0.717, 1.165) is 0 Å². The predicted molar refractivity (Wildman–Crippen MR) is 105 cm³/mol. The van der Waals surface area contributed by atoms with Crippen molar-refractivity contribution in [2.75, 3.05) is 18.5 Å². The first-order chi connectivity index (χ1) is 12.2. The van der Waals surface area contributed by atoms with Gasteiger partial charge in [-0.3, -0.25) is 0 Å². The molecular weight excluding hydrogens is 398 g/mol. The van der Waals surface area contributed by atoms with Crippen LogP contribution in [0.15, 0.2) is 18.2 Å². The molecule has 1 aromatic heterocycles. The lowest BCUT2D eigenvalue weighted by molar-refractivity contribution is 0.105. The van der Waals surface area contributed by atoms with E-state index in [0.29, 0.717) is 11.3 Å². The predicted octanol–water partition coefficient (Wildman–Crippen LogP) is 4.55. The fourth-order valence-corrected chi connectivity index (χ4v) is 2.62. The Morgan fingerprint density at radius 1 is 1.26 bits per heavy atom. The van der Waals surface area contributed by atoms with Crippen LogP contribution >= 0.6 is 23.2 Å². The molecule has 0 aliphatic heterocycles. The summed E-state index contributed by atoms with van der Waals surface area (Å²) in [7, 11) is 0. The minimum absolute atomic E-state index is 0. The first-order valence-corrected chi connectivity index (χ1v) is 8.58. The Balaban J connectivity index is 0.00000364. The average molecular weight is 421 g/mol. The number of ether oxygens (including phenoxy) is 1. The Hall–Kier alpha value is -1.80. The molecule has 6 nitrogen and oxygen atoms in total. The SMILES string of the molecule is C.CC(C)c1cc(Oc2c(Cl)c(F)nc(NC[C@@H](O)CO)c2Cl)ccc1O. The molecule has 0 radical (unpaired) electrons. The van der Waals surface area contributed by atoms with Crippen molar-refractivity contribution in [3.63, 3.8) is 0 Å². The van der Waals surface area contributed by atoms with Crippen molar-refractivity contribution in [3.8, 4) is 17.2 Å². The maximum Gasteiger partial charge on any atom is 0.237 e. The van der Waals surface area contributed by atoms with E-state index >= 15 is 0 Å². The van der Waals surface area contributed by atoms with Crippen LogP contribution in [0, 0.1) is 5.95 Å². The molecule has 9 heteroatoms. The molecule has 2 rings (SSSR count). The number of phenolic OH excluding ortho intramolecular Hbond substituents is 1. The third kappa shape index (κ3) is 5.59. The molecule has 0 saturated heterocycles. The molecule has 2 aromatic rings. The molecule has 150 valence electrons. The Kier molecular flexibility index (Phi) is 8.56. The van der Waals surface area contributed by atoms with Gasteiger partial charge in [0.05, 0.1) is 12.7 Å². The molecule has 4 N–H and O–H groups in total. The first-order valence-electron chi connectivity index (χ1n) is 7.82. The van der Waals surface area contributed by atoms with Gasteiger partial charge in [0.15, 0.2) is 11.6 Å². The van der Waals surface area contributed by atoms with E-state index in [1.54, 1.807) is 6.07 Å². The number of nitrogens with one attached hydrogen (secondary N) is 1. The van der Waals surface area contributed by atoms with Gasteiger partial charge in [-0.15, -0.1) is 0 Å². The Morgan fingerprint density at radius 2 is 1.93 bits per heavy atom. The van der Waals surface area contributed by atoms with Gasteiger partial charge < -0.3 is 25.4 Å². The molecular formula is C18H23Cl2FN2O4. The second kappa shape index (κ2) is 9.94. The van der Waals surface area contributed by atoms with Crippen molar-refractivity contribution < 1.29 is 24.4 Å². The highest BCUT2D eigenvalue weighted by molar-refractivity contribution is 6.38. The maximum atomic E-state index is 14.0. The normalized spacial score (nSPS) is 11.9. The van der Waals surface area contributed by atoms with Crippen molar-refractivity contribution >= 4 is 29.0 Å². The summed E-state index contributed by atoms with van der Waals surface area (Å²) in [6.45, 7) is 3.23. The highest BCUT2D eigenvalue weighted by atomic mass is 35.5. The summed E-state index contributed by atoms with van der Waals surface area (Å²) in [5, 5.41) is 30.3. The lowest BCUT2D eigenvalue weighted by Gasteiger charge is -2.16. The monoisotopic (exact) mass is 420 g/mol. The van der Waals surface area contributed by atoms with E-state index in [9.17, 15) is 14.6 Å². The summed E-state index contributed by atoms with van der Waals surface area (Å²) in [5.41, 5.74) is 0.647. The zero-order valence-electron chi connectivity index (χ0n) is 14.1. The third-order valence-corrected chi connectivity index (χ3v) is 4.23. The van der Waals surface area contributed by atoms with E-state index in [-0.39, 0.29) is 42.2 Å².